The fraction of sp³-hybridized carbons (Fsp3) is 0.500. The van der Waals surface area contributed by atoms with Crippen LogP contribution in [0.3, 0.4) is 0 Å². The molecule has 2 nitrogen and oxygen atoms in total. The molecule has 0 saturated carbocycles. The molecule has 19 heavy (non-hydrogen) atoms. The molecule has 0 bridgehead atoms. The second-order valence-corrected chi connectivity index (χ2v) is 4.18. The molecule has 0 amide bonds. The fourth-order valence-corrected chi connectivity index (χ4v) is 2.21. The van der Waals surface area contributed by atoms with Crippen molar-refractivity contribution in [3.63, 3.8) is 0 Å². The van der Waals surface area contributed by atoms with E-state index in [0.717, 1.165) is 19.2 Å². The van der Waals surface area contributed by atoms with Crippen LogP contribution in [0.15, 0.2) is 12.1 Å². The van der Waals surface area contributed by atoms with Crippen LogP contribution in [0.4, 0.5) is 17.6 Å². The van der Waals surface area contributed by atoms with Gasteiger partial charge in [-0.3, -0.25) is 0 Å². The molecule has 0 atom stereocenters. The number of hydrogen-bond donors (Lipinski definition) is 1. The second-order valence-electron chi connectivity index (χ2n) is 4.18. The number of nitrogens with one attached hydrogen (secondary N) is 1. The summed E-state index contributed by atoms with van der Waals surface area (Å²) in [5.74, 6) is -3.26. The number of halogens is 5. The van der Waals surface area contributed by atoms with Crippen molar-refractivity contribution in [1.82, 2.24) is 5.32 Å². The van der Waals surface area contributed by atoms with Crippen molar-refractivity contribution in [2.75, 3.05) is 13.1 Å². The second kappa shape index (κ2) is 6.96. The van der Waals surface area contributed by atoms with E-state index in [1.54, 1.807) is 0 Å². The first-order valence-corrected chi connectivity index (χ1v) is 5.73. The molecular weight excluding hydrogens is 286 g/mol. The number of rotatable bonds is 3. The molecule has 1 heterocycles. The van der Waals surface area contributed by atoms with Gasteiger partial charge in [0.2, 0.25) is 5.82 Å². The maximum atomic E-state index is 13.5. The van der Waals surface area contributed by atoms with Crippen LogP contribution in [-0.4, -0.2) is 19.7 Å². The molecule has 0 aliphatic carbocycles. The molecule has 1 aliphatic rings. The van der Waals surface area contributed by atoms with Crippen LogP contribution in [0.1, 0.15) is 24.3 Å². The van der Waals surface area contributed by atoms with Crippen molar-refractivity contribution in [2.45, 2.75) is 25.4 Å². The van der Waals surface area contributed by atoms with Crippen molar-refractivity contribution in [3.05, 3.63) is 29.3 Å². The lowest BCUT2D eigenvalue weighted by Crippen LogP contribution is -2.27. The number of hydrogen-bond acceptors (Lipinski definition) is 2. The molecule has 0 unspecified atom stereocenters. The number of ether oxygens (including phenoxy) is 1. The van der Waals surface area contributed by atoms with Gasteiger partial charge in [0, 0.05) is 5.56 Å². The van der Waals surface area contributed by atoms with Gasteiger partial charge in [0.15, 0.2) is 11.6 Å². The van der Waals surface area contributed by atoms with E-state index in [0.29, 0.717) is 18.4 Å². The average Bonchev–Trinajstić information content (AvgIpc) is 2.36. The monoisotopic (exact) mass is 299 g/mol. The Labute approximate surface area is 114 Å². The predicted octanol–water partition coefficient (Wildman–Crippen LogP) is 3.46. The smallest absolute Gasteiger partial charge is 0.387 e. The highest BCUT2D eigenvalue weighted by Gasteiger charge is 2.25. The minimum Gasteiger partial charge on any atom is -0.431 e. The Bertz CT molecular complexity index is 424. The van der Waals surface area contributed by atoms with Gasteiger partial charge in [0.1, 0.15) is 0 Å². The Balaban J connectivity index is 0.00000180. The zero-order chi connectivity index (χ0) is 13.1. The van der Waals surface area contributed by atoms with E-state index in [2.05, 4.69) is 10.1 Å². The summed E-state index contributed by atoms with van der Waals surface area (Å²) < 4.78 is 55.2. The maximum absolute atomic E-state index is 13.5. The maximum Gasteiger partial charge on any atom is 0.387 e. The van der Waals surface area contributed by atoms with Crippen molar-refractivity contribution in [1.29, 1.82) is 0 Å². The van der Waals surface area contributed by atoms with E-state index in [1.807, 2.05) is 0 Å². The summed E-state index contributed by atoms with van der Waals surface area (Å²) in [6.45, 7) is -1.72. The summed E-state index contributed by atoms with van der Waals surface area (Å²) in [7, 11) is 0. The normalized spacial score (nSPS) is 16.3. The van der Waals surface area contributed by atoms with Gasteiger partial charge in [-0.05, 0) is 37.9 Å². The van der Waals surface area contributed by atoms with E-state index in [-0.39, 0.29) is 18.3 Å². The van der Waals surface area contributed by atoms with Crippen molar-refractivity contribution >= 4 is 12.4 Å². The third-order valence-electron chi connectivity index (χ3n) is 3.07. The van der Waals surface area contributed by atoms with Gasteiger partial charge in [-0.15, -0.1) is 12.4 Å². The Morgan fingerprint density at radius 2 is 1.79 bits per heavy atom. The van der Waals surface area contributed by atoms with Crippen LogP contribution in [0, 0.1) is 11.6 Å². The molecule has 1 N–H and O–H groups in total. The zero-order valence-corrected chi connectivity index (χ0v) is 10.8. The Hall–Kier alpha value is -1.01. The van der Waals surface area contributed by atoms with Gasteiger partial charge in [-0.1, -0.05) is 6.07 Å². The van der Waals surface area contributed by atoms with E-state index >= 15 is 0 Å². The average molecular weight is 300 g/mol. The van der Waals surface area contributed by atoms with E-state index in [1.165, 1.54) is 6.07 Å². The van der Waals surface area contributed by atoms with Gasteiger partial charge in [0.25, 0.3) is 0 Å². The Kier molecular flexibility index (Phi) is 5.87. The summed E-state index contributed by atoms with van der Waals surface area (Å²) in [4.78, 5) is 0. The minimum absolute atomic E-state index is 0. The molecule has 1 aromatic rings. The molecule has 1 aliphatic heterocycles. The van der Waals surface area contributed by atoms with E-state index < -0.39 is 24.0 Å². The molecular formula is C12H14ClF4NO. The third kappa shape index (κ3) is 3.73. The Morgan fingerprint density at radius 3 is 2.37 bits per heavy atom. The standard InChI is InChI=1S/C12H13F4NO.ClH/c13-9-2-1-8(7-3-5-17-6-4-7)11(10(9)14)18-12(15)16;/h1-2,7,12,17H,3-6H2;1H. The highest BCUT2D eigenvalue weighted by molar-refractivity contribution is 5.85. The first kappa shape index (κ1) is 16.0. The number of benzene rings is 1. The molecule has 1 saturated heterocycles. The molecule has 2 rings (SSSR count). The van der Waals surface area contributed by atoms with E-state index in [9.17, 15) is 17.6 Å². The fourth-order valence-electron chi connectivity index (χ4n) is 2.21. The lowest BCUT2D eigenvalue weighted by Gasteiger charge is -2.25. The minimum atomic E-state index is -3.17. The van der Waals surface area contributed by atoms with Crippen LogP contribution in [0.25, 0.3) is 0 Å². The van der Waals surface area contributed by atoms with Crippen molar-refractivity contribution < 1.29 is 22.3 Å². The lowest BCUT2D eigenvalue weighted by atomic mass is 9.89. The molecule has 108 valence electrons. The highest BCUT2D eigenvalue weighted by Crippen LogP contribution is 2.36. The highest BCUT2D eigenvalue weighted by atomic mass is 35.5. The van der Waals surface area contributed by atoms with Crippen molar-refractivity contribution in [2.24, 2.45) is 0 Å². The molecule has 1 aromatic carbocycles. The molecule has 0 radical (unpaired) electrons. The van der Waals surface area contributed by atoms with Crippen LogP contribution in [0.5, 0.6) is 5.75 Å². The molecule has 1 fully saturated rings. The summed E-state index contributed by atoms with van der Waals surface area (Å²) in [6.07, 6.45) is 1.37. The zero-order valence-electron chi connectivity index (χ0n) is 9.97. The third-order valence-corrected chi connectivity index (χ3v) is 3.07. The summed E-state index contributed by atoms with van der Waals surface area (Å²) in [5.41, 5.74) is 0.315. The van der Waals surface area contributed by atoms with E-state index in [4.69, 9.17) is 0 Å². The molecule has 7 heteroatoms. The summed E-state index contributed by atoms with van der Waals surface area (Å²) in [6, 6.07) is 2.27. The molecule has 0 spiro atoms. The number of alkyl halides is 2. The van der Waals surface area contributed by atoms with Crippen LogP contribution in [-0.2, 0) is 0 Å². The first-order chi connectivity index (χ1) is 8.59. The van der Waals surface area contributed by atoms with Crippen LogP contribution >= 0.6 is 12.4 Å². The van der Waals surface area contributed by atoms with Gasteiger partial charge < -0.3 is 10.1 Å². The summed E-state index contributed by atoms with van der Waals surface area (Å²) in [5, 5.41) is 3.11. The number of piperidine rings is 1. The van der Waals surface area contributed by atoms with Gasteiger partial charge >= 0.3 is 6.61 Å². The van der Waals surface area contributed by atoms with Gasteiger partial charge in [-0.2, -0.15) is 13.2 Å². The molecule has 0 aromatic heterocycles. The SMILES string of the molecule is Cl.Fc1ccc(C2CCNCC2)c(OC(F)F)c1F. The predicted molar refractivity (Wildman–Crippen MR) is 65.1 cm³/mol. The first-order valence-electron chi connectivity index (χ1n) is 5.73. The Morgan fingerprint density at radius 1 is 1.16 bits per heavy atom. The largest absolute Gasteiger partial charge is 0.431 e. The quantitative estimate of drug-likeness (QED) is 0.863. The van der Waals surface area contributed by atoms with Crippen molar-refractivity contribution in [3.8, 4) is 5.75 Å². The summed E-state index contributed by atoms with van der Waals surface area (Å²) >= 11 is 0. The van der Waals surface area contributed by atoms with Crippen LogP contribution in [0.2, 0.25) is 0 Å². The van der Waals surface area contributed by atoms with Gasteiger partial charge in [0.05, 0.1) is 0 Å². The topological polar surface area (TPSA) is 21.3 Å². The lowest BCUT2D eigenvalue weighted by molar-refractivity contribution is -0.0534. The van der Waals surface area contributed by atoms with Crippen LogP contribution < -0.4 is 10.1 Å². The van der Waals surface area contributed by atoms with Gasteiger partial charge in [-0.25, -0.2) is 4.39 Å².